The van der Waals surface area contributed by atoms with Crippen molar-refractivity contribution in [3.05, 3.63) is 76.0 Å². The Hall–Kier alpha value is -2.42. The Kier molecular flexibility index (Phi) is 7.41. The number of hydrazone groups is 1. The number of aromatic nitrogens is 2. The van der Waals surface area contributed by atoms with E-state index >= 15 is 0 Å². The van der Waals surface area contributed by atoms with Crippen LogP contribution in [0, 0.1) is 0 Å². The van der Waals surface area contributed by atoms with E-state index in [4.69, 9.17) is 16.3 Å². The molecule has 28 heavy (non-hydrogen) atoms. The van der Waals surface area contributed by atoms with Crippen LogP contribution in [-0.2, 0) is 4.79 Å². The largest absolute Gasteiger partial charge is 0.439 e. The third-order valence-electron chi connectivity index (χ3n) is 3.26. The number of carbonyl (C=O) groups is 1. The summed E-state index contributed by atoms with van der Waals surface area (Å²) >= 11 is 10.5. The molecule has 142 valence electrons. The molecule has 0 spiro atoms. The molecule has 0 radical (unpaired) electrons. The first-order valence-corrected chi connectivity index (χ1v) is 10.2. The molecule has 1 N–H and O–H groups in total. The van der Waals surface area contributed by atoms with E-state index in [-0.39, 0.29) is 11.7 Å². The average molecular weight is 478 g/mol. The summed E-state index contributed by atoms with van der Waals surface area (Å²) in [6.45, 7) is 0. The van der Waals surface area contributed by atoms with Crippen molar-refractivity contribution in [3.8, 4) is 11.6 Å². The van der Waals surface area contributed by atoms with Crippen molar-refractivity contribution in [2.24, 2.45) is 5.10 Å². The van der Waals surface area contributed by atoms with E-state index in [0.29, 0.717) is 21.7 Å². The SMILES string of the molecule is O=C(CSc1cc(Oc2ccc(Cl)cc2)ncn1)N/N=C/c1cccc(Br)c1. The first kappa shape index (κ1) is 20.3. The van der Waals surface area contributed by atoms with Crippen LogP contribution in [-0.4, -0.2) is 27.8 Å². The zero-order chi connectivity index (χ0) is 19.8. The minimum absolute atomic E-state index is 0.160. The first-order chi connectivity index (χ1) is 13.6. The number of hydrogen-bond donors (Lipinski definition) is 1. The summed E-state index contributed by atoms with van der Waals surface area (Å²) in [5, 5.41) is 5.19. The van der Waals surface area contributed by atoms with Crippen molar-refractivity contribution in [1.82, 2.24) is 15.4 Å². The Labute approximate surface area is 179 Å². The van der Waals surface area contributed by atoms with Gasteiger partial charge in [-0.05, 0) is 42.0 Å². The minimum atomic E-state index is -0.241. The third kappa shape index (κ3) is 6.63. The number of nitrogens with zero attached hydrogens (tertiary/aromatic N) is 3. The monoisotopic (exact) mass is 476 g/mol. The van der Waals surface area contributed by atoms with Gasteiger partial charge in [-0.1, -0.05) is 51.4 Å². The summed E-state index contributed by atoms with van der Waals surface area (Å²) in [6, 6.07) is 16.2. The number of nitrogens with one attached hydrogen (secondary N) is 1. The molecule has 0 aliphatic heterocycles. The van der Waals surface area contributed by atoms with Gasteiger partial charge in [0.25, 0.3) is 0 Å². The van der Waals surface area contributed by atoms with Gasteiger partial charge in [-0.2, -0.15) is 5.10 Å². The van der Waals surface area contributed by atoms with Crippen LogP contribution in [0.5, 0.6) is 11.6 Å². The molecule has 2 aromatic carbocycles. The zero-order valence-electron chi connectivity index (χ0n) is 14.4. The van der Waals surface area contributed by atoms with Gasteiger partial charge in [-0.3, -0.25) is 4.79 Å². The fourth-order valence-electron chi connectivity index (χ4n) is 2.02. The van der Waals surface area contributed by atoms with Gasteiger partial charge in [0.2, 0.25) is 11.8 Å². The molecular weight excluding hydrogens is 464 g/mol. The summed E-state index contributed by atoms with van der Waals surface area (Å²) < 4.78 is 6.60. The lowest BCUT2D eigenvalue weighted by atomic mass is 10.2. The molecule has 0 saturated carbocycles. The van der Waals surface area contributed by atoms with Gasteiger partial charge in [0.15, 0.2) is 0 Å². The number of amides is 1. The van der Waals surface area contributed by atoms with E-state index in [0.717, 1.165) is 10.0 Å². The van der Waals surface area contributed by atoms with E-state index in [9.17, 15) is 4.79 Å². The molecule has 9 heteroatoms. The number of benzene rings is 2. The van der Waals surface area contributed by atoms with E-state index in [1.165, 1.54) is 18.1 Å². The van der Waals surface area contributed by atoms with Crippen molar-refractivity contribution >= 4 is 51.4 Å². The maximum atomic E-state index is 11.9. The van der Waals surface area contributed by atoms with Crippen LogP contribution in [0.3, 0.4) is 0 Å². The smallest absolute Gasteiger partial charge is 0.250 e. The lowest BCUT2D eigenvalue weighted by Crippen LogP contribution is -2.19. The second kappa shape index (κ2) is 10.2. The topological polar surface area (TPSA) is 76.5 Å². The van der Waals surface area contributed by atoms with Crippen LogP contribution in [0.2, 0.25) is 5.02 Å². The molecule has 3 rings (SSSR count). The Bertz CT molecular complexity index is 986. The van der Waals surface area contributed by atoms with Gasteiger partial charge in [0.05, 0.1) is 12.0 Å². The van der Waals surface area contributed by atoms with Gasteiger partial charge >= 0.3 is 0 Å². The van der Waals surface area contributed by atoms with Crippen LogP contribution >= 0.6 is 39.3 Å². The highest BCUT2D eigenvalue weighted by atomic mass is 79.9. The van der Waals surface area contributed by atoms with Crippen molar-refractivity contribution < 1.29 is 9.53 Å². The number of ether oxygens (including phenoxy) is 1. The lowest BCUT2D eigenvalue weighted by Gasteiger charge is -2.06. The summed E-state index contributed by atoms with van der Waals surface area (Å²) in [5.41, 5.74) is 3.36. The maximum Gasteiger partial charge on any atom is 0.250 e. The van der Waals surface area contributed by atoms with Gasteiger partial charge in [0.1, 0.15) is 17.1 Å². The Morgan fingerprint density at radius 2 is 2.04 bits per heavy atom. The molecule has 6 nitrogen and oxygen atoms in total. The second-order valence-electron chi connectivity index (χ2n) is 5.39. The highest BCUT2D eigenvalue weighted by Gasteiger charge is 2.06. The van der Waals surface area contributed by atoms with Crippen LogP contribution in [0.1, 0.15) is 5.56 Å². The molecule has 1 aromatic heterocycles. The summed E-state index contributed by atoms with van der Waals surface area (Å²) in [7, 11) is 0. The van der Waals surface area contributed by atoms with E-state index in [1.54, 1.807) is 36.5 Å². The number of thioether (sulfide) groups is 1. The molecule has 0 atom stereocenters. The molecule has 0 fully saturated rings. The average Bonchev–Trinajstić information content (AvgIpc) is 2.69. The van der Waals surface area contributed by atoms with Crippen molar-refractivity contribution in [1.29, 1.82) is 0 Å². The Balaban J connectivity index is 1.50. The molecule has 0 bridgehead atoms. The normalized spacial score (nSPS) is 10.8. The molecule has 0 unspecified atom stereocenters. The first-order valence-electron chi connectivity index (χ1n) is 8.04. The van der Waals surface area contributed by atoms with Crippen LogP contribution in [0.15, 0.2) is 75.5 Å². The number of carbonyl (C=O) groups excluding carboxylic acids is 1. The van der Waals surface area contributed by atoms with E-state index in [1.807, 2.05) is 24.3 Å². The molecule has 0 saturated heterocycles. The third-order valence-corrected chi connectivity index (χ3v) is 4.93. The summed E-state index contributed by atoms with van der Waals surface area (Å²) in [4.78, 5) is 20.1. The van der Waals surface area contributed by atoms with Crippen LogP contribution in [0.25, 0.3) is 0 Å². The van der Waals surface area contributed by atoms with Crippen LogP contribution < -0.4 is 10.2 Å². The fourth-order valence-corrected chi connectivity index (χ4v) is 3.21. The number of halogens is 2. The van der Waals surface area contributed by atoms with Crippen molar-refractivity contribution in [2.45, 2.75) is 5.03 Å². The molecule has 1 amide bonds. The maximum absolute atomic E-state index is 11.9. The standard InChI is InChI=1S/C19H14BrClN4O2S/c20-14-3-1-2-13(8-14)10-24-25-17(26)11-28-19-9-18(22-12-23-19)27-16-6-4-15(21)5-7-16/h1-10,12H,11H2,(H,25,26)/b24-10+. The highest BCUT2D eigenvalue weighted by molar-refractivity contribution is 9.10. The fraction of sp³-hybridized carbons (Fsp3) is 0.0526. The van der Waals surface area contributed by atoms with Gasteiger partial charge in [-0.25, -0.2) is 15.4 Å². The van der Waals surface area contributed by atoms with Crippen molar-refractivity contribution in [2.75, 3.05) is 5.75 Å². The lowest BCUT2D eigenvalue weighted by molar-refractivity contribution is -0.118. The number of rotatable bonds is 7. The zero-order valence-corrected chi connectivity index (χ0v) is 17.5. The highest BCUT2D eigenvalue weighted by Crippen LogP contribution is 2.24. The van der Waals surface area contributed by atoms with E-state index < -0.39 is 0 Å². The predicted octanol–water partition coefficient (Wildman–Crippen LogP) is 4.93. The van der Waals surface area contributed by atoms with Crippen molar-refractivity contribution in [3.63, 3.8) is 0 Å². The van der Waals surface area contributed by atoms with Gasteiger partial charge < -0.3 is 4.74 Å². The van der Waals surface area contributed by atoms with E-state index in [2.05, 4.69) is 36.4 Å². The Morgan fingerprint density at radius 3 is 2.82 bits per heavy atom. The quantitative estimate of drug-likeness (QED) is 0.226. The van der Waals surface area contributed by atoms with Gasteiger partial charge in [0, 0.05) is 15.6 Å². The number of hydrogen-bond acceptors (Lipinski definition) is 6. The molecule has 1 heterocycles. The van der Waals surface area contributed by atoms with Gasteiger partial charge in [-0.15, -0.1) is 0 Å². The predicted molar refractivity (Wildman–Crippen MR) is 114 cm³/mol. The molecule has 3 aromatic rings. The molecular formula is C19H14BrClN4O2S. The summed E-state index contributed by atoms with van der Waals surface area (Å²) in [6.07, 6.45) is 2.97. The Morgan fingerprint density at radius 1 is 1.21 bits per heavy atom. The minimum Gasteiger partial charge on any atom is -0.439 e. The summed E-state index contributed by atoms with van der Waals surface area (Å²) in [5.74, 6) is 0.911. The molecule has 0 aliphatic carbocycles. The second-order valence-corrected chi connectivity index (χ2v) is 7.74. The molecule has 0 aliphatic rings. The van der Waals surface area contributed by atoms with Crippen LogP contribution in [0.4, 0.5) is 0 Å².